The first-order valence-electron chi connectivity index (χ1n) is 11.6. The summed E-state index contributed by atoms with van der Waals surface area (Å²) in [7, 11) is 0. The highest BCUT2D eigenvalue weighted by Gasteiger charge is 2.13. The van der Waals surface area contributed by atoms with Crippen LogP contribution in [0, 0.1) is 6.92 Å². The fraction of sp³-hybridized carbons (Fsp3) is 0.172. The summed E-state index contributed by atoms with van der Waals surface area (Å²) in [5.74, 6) is 1.66. The first-order chi connectivity index (χ1) is 16.7. The van der Waals surface area contributed by atoms with Gasteiger partial charge in [0.1, 0.15) is 11.6 Å². The molecule has 0 spiro atoms. The highest BCUT2D eigenvalue weighted by molar-refractivity contribution is 5.95. The molecule has 0 fully saturated rings. The van der Waals surface area contributed by atoms with Crippen molar-refractivity contribution >= 4 is 27.7 Å². The van der Waals surface area contributed by atoms with Crippen molar-refractivity contribution in [3.8, 4) is 5.75 Å². The highest BCUT2D eigenvalue weighted by Crippen LogP contribution is 2.25. The lowest BCUT2D eigenvalue weighted by atomic mass is 10.1. The van der Waals surface area contributed by atoms with Crippen LogP contribution in [0.2, 0.25) is 0 Å². The van der Waals surface area contributed by atoms with Gasteiger partial charge in [-0.05, 0) is 48.6 Å². The van der Waals surface area contributed by atoms with Crippen molar-refractivity contribution in [1.29, 1.82) is 0 Å². The SMILES string of the molecule is Cc1ccccc1C(=O)NCc1nc2ccccc2n1CCCOc1cccc2ccccc12. The van der Waals surface area contributed by atoms with Crippen molar-refractivity contribution in [3.63, 3.8) is 0 Å². The first-order valence-corrected chi connectivity index (χ1v) is 11.6. The number of para-hydroxylation sites is 2. The molecule has 0 radical (unpaired) electrons. The maximum atomic E-state index is 12.7. The molecule has 0 saturated heterocycles. The first kappa shape index (κ1) is 21.7. The van der Waals surface area contributed by atoms with Crippen molar-refractivity contribution < 1.29 is 9.53 Å². The average Bonchev–Trinajstić information content (AvgIpc) is 3.23. The molecule has 5 aromatic rings. The second kappa shape index (κ2) is 9.79. The van der Waals surface area contributed by atoms with Gasteiger partial charge in [0.15, 0.2) is 0 Å². The summed E-state index contributed by atoms with van der Waals surface area (Å²) in [5, 5.41) is 5.34. The second-order valence-corrected chi connectivity index (χ2v) is 8.35. The van der Waals surface area contributed by atoms with Crippen LogP contribution in [0.5, 0.6) is 5.75 Å². The molecule has 5 rings (SSSR count). The molecular formula is C29H27N3O2. The normalized spacial score (nSPS) is 11.1. The van der Waals surface area contributed by atoms with Crippen molar-refractivity contribution in [3.05, 3.63) is 108 Å². The fourth-order valence-corrected chi connectivity index (χ4v) is 4.32. The van der Waals surface area contributed by atoms with E-state index in [2.05, 4.69) is 34.1 Å². The van der Waals surface area contributed by atoms with Gasteiger partial charge in [-0.15, -0.1) is 0 Å². The van der Waals surface area contributed by atoms with Gasteiger partial charge in [0.05, 0.1) is 24.2 Å². The summed E-state index contributed by atoms with van der Waals surface area (Å²) in [5.41, 5.74) is 3.64. The van der Waals surface area contributed by atoms with E-state index in [0.29, 0.717) is 18.7 Å². The van der Waals surface area contributed by atoms with E-state index in [0.717, 1.165) is 46.5 Å². The minimum atomic E-state index is -0.0870. The van der Waals surface area contributed by atoms with Crippen LogP contribution in [-0.2, 0) is 13.1 Å². The van der Waals surface area contributed by atoms with E-state index in [-0.39, 0.29) is 5.91 Å². The summed E-state index contributed by atoms with van der Waals surface area (Å²) in [6.45, 7) is 3.66. The van der Waals surface area contributed by atoms with Crippen molar-refractivity contribution in [2.45, 2.75) is 26.4 Å². The molecule has 170 valence electrons. The van der Waals surface area contributed by atoms with Gasteiger partial charge in [0.25, 0.3) is 5.91 Å². The molecule has 1 aromatic heterocycles. The van der Waals surface area contributed by atoms with Gasteiger partial charge < -0.3 is 14.6 Å². The lowest BCUT2D eigenvalue weighted by Gasteiger charge is -2.12. The fourth-order valence-electron chi connectivity index (χ4n) is 4.32. The van der Waals surface area contributed by atoms with Crippen LogP contribution >= 0.6 is 0 Å². The Labute approximate surface area is 199 Å². The summed E-state index contributed by atoms with van der Waals surface area (Å²) >= 11 is 0. The Kier molecular flexibility index (Phi) is 6.25. The molecule has 0 atom stereocenters. The molecule has 1 N–H and O–H groups in total. The van der Waals surface area contributed by atoms with Gasteiger partial charge >= 0.3 is 0 Å². The second-order valence-electron chi connectivity index (χ2n) is 8.35. The van der Waals surface area contributed by atoms with Gasteiger partial charge in [-0.2, -0.15) is 0 Å². The zero-order valence-corrected chi connectivity index (χ0v) is 19.2. The van der Waals surface area contributed by atoms with Gasteiger partial charge in [-0.3, -0.25) is 4.79 Å². The minimum Gasteiger partial charge on any atom is -0.493 e. The number of amides is 1. The third-order valence-corrected chi connectivity index (χ3v) is 6.06. The number of benzene rings is 4. The van der Waals surface area contributed by atoms with Crippen LogP contribution in [0.25, 0.3) is 21.8 Å². The van der Waals surface area contributed by atoms with E-state index >= 15 is 0 Å². The number of imidazole rings is 1. The maximum absolute atomic E-state index is 12.7. The van der Waals surface area contributed by atoms with E-state index in [1.165, 1.54) is 5.39 Å². The van der Waals surface area contributed by atoms with Crippen LogP contribution in [0.4, 0.5) is 0 Å². The summed E-state index contributed by atoms with van der Waals surface area (Å²) in [4.78, 5) is 17.5. The number of aryl methyl sites for hydroxylation is 2. The number of nitrogens with one attached hydrogen (secondary N) is 1. The molecule has 5 heteroatoms. The monoisotopic (exact) mass is 449 g/mol. The smallest absolute Gasteiger partial charge is 0.251 e. The number of hydrogen-bond donors (Lipinski definition) is 1. The van der Waals surface area contributed by atoms with Crippen molar-refractivity contribution in [2.75, 3.05) is 6.61 Å². The van der Waals surface area contributed by atoms with Gasteiger partial charge in [-0.25, -0.2) is 4.98 Å². The third kappa shape index (κ3) is 4.50. The molecule has 4 aromatic carbocycles. The van der Waals surface area contributed by atoms with E-state index in [9.17, 15) is 4.79 Å². The van der Waals surface area contributed by atoms with Crippen LogP contribution < -0.4 is 10.1 Å². The molecule has 1 heterocycles. The molecular weight excluding hydrogens is 422 g/mol. The number of aromatic nitrogens is 2. The van der Waals surface area contributed by atoms with Crippen LogP contribution in [0.3, 0.4) is 0 Å². The quantitative estimate of drug-likeness (QED) is 0.300. The molecule has 5 nitrogen and oxygen atoms in total. The largest absolute Gasteiger partial charge is 0.493 e. The van der Waals surface area contributed by atoms with Gasteiger partial charge in [0, 0.05) is 17.5 Å². The maximum Gasteiger partial charge on any atom is 0.251 e. The average molecular weight is 450 g/mol. The summed E-state index contributed by atoms with van der Waals surface area (Å²) < 4.78 is 8.32. The number of carbonyl (C=O) groups excluding carboxylic acids is 1. The number of fused-ring (bicyclic) bond motifs is 2. The number of nitrogens with zero attached hydrogens (tertiary/aromatic N) is 2. The van der Waals surface area contributed by atoms with Crippen molar-refractivity contribution in [1.82, 2.24) is 14.9 Å². The zero-order valence-electron chi connectivity index (χ0n) is 19.2. The Morgan fingerprint density at radius 2 is 1.68 bits per heavy atom. The molecule has 0 aliphatic carbocycles. The molecule has 0 aliphatic rings. The number of hydrogen-bond acceptors (Lipinski definition) is 3. The molecule has 0 aliphatic heterocycles. The minimum absolute atomic E-state index is 0.0870. The summed E-state index contributed by atoms with van der Waals surface area (Å²) in [6, 6.07) is 30.1. The summed E-state index contributed by atoms with van der Waals surface area (Å²) in [6.07, 6.45) is 0.822. The molecule has 0 bridgehead atoms. The molecule has 0 unspecified atom stereocenters. The van der Waals surface area contributed by atoms with Gasteiger partial charge in [-0.1, -0.05) is 66.7 Å². The lowest BCUT2D eigenvalue weighted by Crippen LogP contribution is -2.25. The topological polar surface area (TPSA) is 56.2 Å². The molecule has 34 heavy (non-hydrogen) atoms. The van der Waals surface area contributed by atoms with E-state index < -0.39 is 0 Å². The highest BCUT2D eigenvalue weighted by atomic mass is 16.5. The predicted octanol–water partition coefficient (Wildman–Crippen LogP) is 5.90. The van der Waals surface area contributed by atoms with E-state index in [1.807, 2.05) is 73.7 Å². The van der Waals surface area contributed by atoms with E-state index in [1.54, 1.807) is 0 Å². The number of ether oxygens (including phenoxy) is 1. The Hall–Kier alpha value is -4.12. The third-order valence-electron chi connectivity index (χ3n) is 6.06. The number of carbonyl (C=O) groups is 1. The van der Waals surface area contributed by atoms with E-state index in [4.69, 9.17) is 9.72 Å². The molecule has 0 saturated carbocycles. The van der Waals surface area contributed by atoms with Crippen LogP contribution in [-0.4, -0.2) is 22.1 Å². The predicted molar refractivity (Wildman–Crippen MR) is 136 cm³/mol. The Bertz CT molecular complexity index is 1450. The van der Waals surface area contributed by atoms with Crippen LogP contribution in [0.15, 0.2) is 91.0 Å². The van der Waals surface area contributed by atoms with Gasteiger partial charge in [0.2, 0.25) is 0 Å². The van der Waals surface area contributed by atoms with Crippen molar-refractivity contribution in [2.24, 2.45) is 0 Å². The Morgan fingerprint density at radius 1 is 0.912 bits per heavy atom. The number of rotatable bonds is 8. The standard InChI is InChI=1S/C29H27N3O2/c1-21-10-2-4-13-23(21)29(33)30-20-28-31-25-15-6-7-16-26(25)32(28)18-9-19-34-27-17-8-12-22-11-3-5-14-24(22)27/h2-8,10-17H,9,18-20H2,1H3,(H,30,33). The zero-order chi connectivity index (χ0) is 23.3. The van der Waals surface area contributed by atoms with Crippen LogP contribution in [0.1, 0.15) is 28.2 Å². The lowest BCUT2D eigenvalue weighted by molar-refractivity contribution is 0.0949. The molecule has 1 amide bonds. The Balaban J connectivity index is 1.28. The Morgan fingerprint density at radius 3 is 2.59 bits per heavy atom.